The van der Waals surface area contributed by atoms with Gasteiger partial charge in [0.1, 0.15) is 23.3 Å². The molecule has 2 unspecified atom stereocenters. The summed E-state index contributed by atoms with van der Waals surface area (Å²) in [5, 5.41) is 0. The molecule has 3 aliphatic carbocycles. The second kappa shape index (κ2) is 34.9. The molecule has 0 saturated heterocycles. The molecule has 0 amide bonds. The van der Waals surface area contributed by atoms with E-state index in [2.05, 4.69) is 421 Å². The van der Waals surface area contributed by atoms with Gasteiger partial charge in [0.15, 0.2) is 0 Å². The Hall–Kier alpha value is -17.2. The van der Waals surface area contributed by atoms with Gasteiger partial charge in [0, 0.05) is 68.2 Å². The second-order valence-corrected chi connectivity index (χ2v) is 36.6. The molecule has 0 radical (unpaired) electrons. The summed E-state index contributed by atoms with van der Waals surface area (Å²) in [5.74, 6) is -1.22. The Kier molecular flexibility index (Phi) is 21.6. The standard InChI is InChI=1S/C131H94F4N4/c1-7-89-39-51-97(52-40-89)130(95-23-11-9-12-24-95)121-33-21-17-29-115(121)117-77-75-107(79-123(117)130)138(111-61-37-87(5)127(134)83-111)103-67-47-93(48-68-103)91-43-63-101(64-44-91)136(109-59-35-85(3)125(132)81-109)105-71-55-99(56-72-105)129(119-31-19-15-27-113(119)114-28-16-20-32-120(114)129)100-57-73-106(74-58-100)137(110-60-36-86(4)126(133)82-110)102-65-45-92(46-66-102)94-49-69-104(70-50-94)139(112-62-38-88(6)128(135)84-112)108-76-78-118-116-30-18-22-34-122(116)131(124(118)80-108,96-25-13-10-14-26-96)98-53-41-90(8-2)42-54-98/h7-84H,1-2H2,3-6H3. The van der Waals surface area contributed by atoms with Crippen LogP contribution in [-0.2, 0) is 16.2 Å². The lowest BCUT2D eigenvalue weighted by Gasteiger charge is -2.35. The summed E-state index contributed by atoms with van der Waals surface area (Å²) >= 11 is 0. The highest BCUT2D eigenvalue weighted by atomic mass is 19.1. The van der Waals surface area contributed by atoms with E-state index in [4.69, 9.17) is 0 Å². The van der Waals surface area contributed by atoms with Crippen molar-refractivity contribution in [1.29, 1.82) is 0 Å². The van der Waals surface area contributed by atoms with Crippen LogP contribution < -0.4 is 19.6 Å². The normalized spacial score (nSPS) is 14.4. The van der Waals surface area contributed by atoms with Crippen molar-refractivity contribution in [2.75, 3.05) is 19.6 Å². The summed E-state index contributed by atoms with van der Waals surface area (Å²) < 4.78 is 64.8. The third-order valence-electron chi connectivity index (χ3n) is 29.0. The fourth-order valence-electron chi connectivity index (χ4n) is 22.1. The average Bonchev–Trinajstić information content (AvgIpc) is 1.55. The fourth-order valence-corrected chi connectivity index (χ4v) is 22.1. The molecule has 139 heavy (non-hydrogen) atoms. The minimum Gasteiger partial charge on any atom is -0.310 e. The molecule has 0 saturated carbocycles. The Bertz CT molecular complexity index is 7680. The van der Waals surface area contributed by atoms with Crippen molar-refractivity contribution < 1.29 is 17.6 Å². The van der Waals surface area contributed by atoms with Gasteiger partial charge >= 0.3 is 0 Å². The first-order chi connectivity index (χ1) is 68.1. The number of nitrogens with zero attached hydrogens (tertiary/aromatic N) is 4. The highest BCUT2D eigenvalue weighted by molar-refractivity contribution is 5.95. The molecular formula is C131H94F4N4. The van der Waals surface area contributed by atoms with Crippen LogP contribution in [0.2, 0.25) is 0 Å². The number of halogens is 4. The fraction of sp³-hybridized carbons (Fsp3) is 0.0534. The lowest BCUT2D eigenvalue weighted by molar-refractivity contribution is 0.618. The Morgan fingerprint density at radius 1 is 0.180 bits per heavy atom. The number of benzene rings is 20. The number of fused-ring (bicyclic) bond motifs is 9. The first-order valence-electron chi connectivity index (χ1n) is 47.2. The van der Waals surface area contributed by atoms with Crippen LogP contribution in [0.1, 0.15) is 100 Å². The maximum atomic E-state index is 16.3. The monoisotopic (exact) mass is 1800 g/mol. The SMILES string of the molecule is C=Cc1ccc(C2(c3ccccc3)c3ccccc3-c3ccc(N(c4ccc(-c5ccc(N(c6ccc(C7(c8ccc(N(c9ccc(-c%10ccc(N(c%11ccc(C)c(F)c%11)c%11ccc%12c(c%11)C(c%11ccccc%11)(c%11ccc(C=C)cc%11)c%11ccccc%11-%12)cc%10)cc9)c9ccc(C)c(F)c9)cc8)c8ccccc8-c8ccccc87)cc6)c6ccc(C)c(F)c6)cc5)cc4)c4ccc(C)c(F)c4)cc32)cc1. The van der Waals surface area contributed by atoms with Crippen molar-refractivity contribution in [2.45, 2.75) is 43.9 Å². The highest BCUT2D eigenvalue weighted by Gasteiger charge is 2.50. The molecular weight excluding hydrogens is 1710 g/mol. The molecule has 3 aliphatic rings. The van der Waals surface area contributed by atoms with Gasteiger partial charge in [-0.1, -0.05) is 341 Å². The largest absolute Gasteiger partial charge is 0.310 e. The number of anilines is 12. The van der Waals surface area contributed by atoms with Crippen molar-refractivity contribution in [3.8, 4) is 55.6 Å². The minimum atomic E-state index is -0.831. The number of hydrogen-bond acceptors (Lipinski definition) is 4. The van der Waals surface area contributed by atoms with Gasteiger partial charge in [-0.15, -0.1) is 0 Å². The summed E-state index contributed by atoms with van der Waals surface area (Å²) in [7, 11) is 0. The molecule has 0 spiro atoms. The highest BCUT2D eigenvalue weighted by Crippen LogP contribution is 2.62. The van der Waals surface area contributed by atoms with Gasteiger partial charge < -0.3 is 19.6 Å². The quantitative estimate of drug-likeness (QED) is 0.0627. The smallest absolute Gasteiger partial charge is 0.128 e. The first kappa shape index (κ1) is 86.0. The topological polar surface area (TPSA) is 13.0 Å². The van der Waals surface area contributed by atoms with Crippen LogP contribution >= 0.6 is 0 Å². The molecule has 8 heteroatoms. The molecule has 0 aromatic heterocycles. The van der Waals surface area contributed by atoms with Crippen LogP contribution in [-0.4, -0.2) is 0 Å². The zero-order valence-electron chi connectivity index (χ0n) is 77.2. The van der Waals surface area contributed by atoms with Gasteiger partial charge in [0.05, 0.1) is 16.2 Å². The second-order valence-electron chi connectivity index (χ2n) is 36.6. The molecule has 0 N–H and O–H groups in total. The number of rotatable bonds is 22. The number of aryl methyl sites for hydroxylation is 4. The van der Waals surface area contributed by atoms with Crippen LogP contribution in [0, 0.1) is 51.0 Å². The van der Waals surface area contributed by atoms with Crippen LogP contribution in [0.25, 0.3) is 67.8 Å². The van der Waals surface area contributed by atoms with Crippen molar-refractivity contribution >= 4 is 80.4 Å². The van der Waals surface area contributed by atoms with Gasteiger partial charge in [-0.2, -0.15) is 0 Å². The Morgan fingerprint density at radius 2 is 0.367 bits per heavy atom. The summed E-state index contributed by atoms with van der Waals surface area (Å²) in [6, 6.07) is 160. The van der Waals surface area contributed by atoms with E-state index in [-0.39, 0.29) is 23.3 Å². The summed E-state index contributed by atoms with van der Waals surface area (Å²) in [4.78, 5) is 8.52. The molecule has 0 fully saturated rings. The van der Waals surface area contributed by atoms with Crippen LogP contribution in [0.3, 0.4) is 0 Å². The van der Waals surface area contributed by atoms with Gasteiger partial charge in [0.25, 0.3) is 0 Å². The summed E-state index contributed by atoms with van der Waals surface area (Å²) in [6.45, 7) is 15.3. The van der Waals surface area contributed by atoms with E-state index in [1.165, 1.54) is 11.1 Å². The van der Waals surface area contributed by atoms with Crippen LogP contribution in [0.15, 0.2) is 474 Å². The predicted molar refractivity (Wildman–Crippen MR) is 567 cm³/mol. The maximum Gasteiger partial charge on any atom is 0.128 e. The number of hydrogen-bond donors (Lipinski definition) is 0. The lowest BCUT2D eigenvalue weighted by atomic mass is 9.67. The van der Waals surface area contributed by atoms with E-state index in [1.807, 2.05) is 60.7 Å². The summed E-state index contributed by atoms with van der Waals surface area (Å²) in [6.07, 6.45) is 3.75. The van der Waals surface area contributed by atoms with Crippen LogP contribution in [0.4, 0.5) is 85.8 Å². The third kappa shape index (κ3) is 14.3. The average molecular weight is 1800 g/mol. The van der Waals surface area contributed by atoms with Crippen molar-refractivity contribution in [3.63, 3.8) is 0 Å². The van der Waals surface area contributed by atoms with Gasteiger partial charge in [-0.25, -0.2) is 17.6 Å². The third-order valence-corrected chi connectivity index (χ3v) is 29.0. The van der Waals surface area contributed by atoms with Crippen molar-refractivity contribution in [3.05, 3.63) is 598 Å². The van der Waals surface area contributed by atoms with E-state index in [1.54, 1.807) is 52.0 Å². The van der Waals surface area contributed by atoms with E-state index in [0.717, 1.165) is 168 Å². The first-order valence-corrected chi connectivity index (χ1v) is 47.2. The van der Waals surface area contributed by atoms with E-state index in [0.29, 0.717) is 45.0 Å². The molecule has 23 rings (SSSR count). The minimum absolute atomic E-state index is 0.295. The summed E-state index contributed by atoms with van der Waals surface area (Å²) in [5.41, 5.74) is 35.7. The molecule has 20 aromatic rings. The van der Waals surface area contributed by atoms with Crippen LogP contribution in [0.5, 0.6) is 0 Å². The van der Waals surface area contributed by atoms with E-state index in [9.17, 15) is 0 Å². The lowest BCUT2D eigenvalue weighted by Crippen LogP contribution is -2.28. The van der Waals surface area contributed by atoms with Gasteiger partial charge in [-0.05, 0) is 329 Å². The zero-order chi connectivity index (χ0) is 94.4. The van der Waals surface area contributed by atoms with Gasteiger partial charge in [-0.3, -0.25) is 0 Å². The predicted octanol–water partition coefficient (Wildman–Crippen LogP) is 35.1. The Labute approximate surface area is 809 Å². The Morgan fingerprint density at radius 3 is 0.619 bits per heavy atom. The van der Waals surface area contributed by atoms with Crippen molar-refractivity contribution in [1.82, 2.24) is 0 Å². The molecule has 0 heterocycles. The molecule has 0 aliphatic heterocycles. The Balaban J connectivity index is 0.568. The van der Waals surface area contributed by atoms with Gasteiger partial charge in [0.2, 0.25) is 0 Å². The molecule has 20 aromatic carbocycles. The van der Waals surface area contributed by atoms with E-state index >= 15 is 17.6 Å². The van der Waals surface area contributed by atoms with E-state index < -0.39 is 16.2 Å². The molecule has 4 nitrogen and oxygen atoms in total. The molecule has 2 atom stereocenters. The zero-order valence-corrected chi connectivity index (χ0v) is 77.2. The molecule has 666 valence electrons. The van der Waals surface area contributed by atoms with Crippen molar-refractivity contribution in [2.24, 2.45) is 0 Å². The maximum absolute atomic E-state index is 16.3. The molecule has 0 bridgehead atoms.